The second-order valence-corrected chi connectivity index (χ2v) is 7.84. The van der Waals surface area contributed by atoms with Gasteiger partial charge in [0.25, 0.3) is 5.91 Å². The Hall–Kier alpha value is -2.84. The van der Waals surface area contributed by atoms with Crippen LogP contribution in [0.5, 0.6) is 0 Å². The molecule has 28 heavy (non-hydrogen) atoms. The van der Waals surface area contributed by atoms with E-state index in [-0.39, 0.29) is 12.0 Å². The summed E-state index contributed by atoms with van der Waals surface area (Å²) in [7, 11) is 0. The van der Waals surface area contributed by atoms with Crippen LogP contribution in [0.25, 0.3) is 0 Å². The SMILES string of the molecule is Cc1nc(Nc2ncc(C)s2)cc(C2CN(C(=O)c3ccccc3)CCO2)n1. The molecule has 0 spiro atoms. The van der Waals surface area contributed by atoms with Gasteiger partial charge in [0, 0.05) is 29.2 Å². The zero-order chi connectivity index (χ0) is 19.5. The molecule has 4 rings (SSSR count). The zero-order valence-electron chi connectivity index (χ0n) is 15.8. The number of ether oxygens (including phenoxy) is 1. The van der Waals surface area contributed by atoms with Gasteiger partial charge in [-0.25, -0.2) is 15.0 Å². The van der Waals surface area contributed by atoms with Gasteiger partial charge in [-0.15, -0.1) is 11.3 Å². The third-order valence-corrected chi connectivity index (χ3v) is 5.25. The third-order valence-electron chi connectivity index (χ3n) is 4.42. The van der Waals surface area contributed by atoms with Gasteiger partial charge in [-0.3, -0.25) is 4.79 Å². The number of nitrogens with one attached hydrogen (secondary N) is 1. The summed E-state index contributed by atoms with van der Waals surface area (Å²) in [6.07, 6.45) is 1.53. The lowest BCUT2D eigenvalue weighted by Gasteiger charge is -2.33. The summed E-state index contributed by atoms with van der Waals surface area (Å²) in [4.78, 5) is 29.0. The lowest BCUT2D eigenvalue weighted by Crippen LogP contribution is -2.42. The van der Waals surface area contributed by atoms with E-state index in [1.54, 1.807) is 11.3 Å². The van der Waals surface area contributed by atoms with Gasteiger partial charge in [0.2, 0.25) is 0 Å². The van der Waals surface area contributed by atoms with Crippen LogP contribution < -0.4 is 5.32 Å². The molecule has 1 aliphatic rings. The van der Waals surface area contributed by atoms with Gasteiger partial charge in [-0.05, 0) is 26.0 Å². The van der Waals surface area contributed by atoms with Crippen molar-refractivity contribution in [3.63, 3.8) is 0 Å². The number of amides is 1. The van der Waals surface area contributed by atoms with E-state index in [4.69, 9.17) is 4.74 Å². The molecule has 1 aromatic carbocycles. The molecule has 0 radical (unpaired) electrons. The summed E-state index contributed by atoms with van der Waals surface area (Å²) < 4.78 is 5.92. The van der Waals surface area contributed by atoms with Gasteiger partial charge in [0.1, 0.15) is 17.7 Å². The van der Waals surface area contributed by atoms with Crippen LogP contribution in [0, 0.1) is 13.8 Å². The van der Waals surface area contributed by atoms with Crippen LogP contribution in [-0.4, -0.2) is 45.5 Å². The van der Waals surface area contributed by atoms with Crippen LogP contribution in [0.2, 0.25) is 0 Å². The molecule has 144 valence electrons. The first-order valence-corrected chi connectivity index (χ1v) is 9.91. The number of carbonyl (C=O) groups excluding carboxylic acids is 1. The molecule has 0 aliphatic carbocycles. The smallest absolute Gasteiger partial charge is 0.254 e. The van der Waals surface area contributed by atoms with Crippen LogP contribution in [0.15, 0.2) is 42.6 Å². The molecule has 3 aromatic rings. The highest BCUT2D eigenvalue weighted by Gasteiger charge is 2.27. The van der Waals surface area contributed by atoms with Crippen LogP contribution in [0.4, 0.5) is 10.9 Å². The van der Waals surface area contributed by atoms with Crippen molar-refractivity contribution in [1.82, 2.24) is 19.9 Å². The number of rotatable bonds is 4. The predicted molar refractivity (Wildman–Crippen MR) is 108 cm³/mol. The summed E-state index contributed by atoms with van der Waals surface area (Å²) in [5.41, 5.74) is 1.44. The molecule has 1 atom stereocenters. The largest absolute Gasteiger partial charge is 0.368 e. The topological polar surface area (TPSA) is 80.2 Å². The maximum absolute atomic E-state index is 12.8. The Labute approximate surface area is 167 Å². The van der Waals surface area contributed by atoms with Crippen molar-refractivity contribution in [2.24, 2.45) is 0 Å². The van der Waals surface area contributed by atoms with Crippen molar-refractivity contribution in [3.05, 3.63) is 64.6 Å². The summed E-state index contributed by atoms with van der Waals surface area (Å²) in [5, 5.41) is 4.01. The minimum atomic E-state index is -0.290. The Morgan fingerprint density at radius 1 is 1.25 bits per heavy atom. The molecule has 1 fully saturated rings. The molecule has 7 nitrogen and oxygen atoms in total. The van der Waals surface area contributed by atoms with Crippen LogP contribution in [-0.2, 0) is 4.74 Å². The number of hydrogen-bond donors (Lipinski definition) is 1. The number of benzene rings is 1. The van der Waals surface area contributed by atoms with Crippen molar-refractivity contribution in [3.8, 4) is 0 Å². The molecule has 3 heterocycles. The number of thiazole rings is 1. The summed E-state index contributed by atoms with van der Waals surface area (Å²) in [6, 6.07) is 11.2. The maximum atomic E-state index is 12.8. The number of nitrogens with zero attached hydrogens (tertiary/aromatic N) is 4. The molecule has 0 bridgehead atoms. The summed E-state index contributed by atoms with van der Waals surface area (Å²) in [6.45, 7) is 5.35. The number of aromatic nitrogens is 3. The molecule has 1 saturated heterocycles. The predicted octanol–water partition coefficient (Wildman–Crippen LogP) is 3.51. The summed E-state index contributed by atoms with van der Waals surface area (Å²) >= 11 is 1.57. The average molecular weight is 395 g/mol. The lowest BCUT2D eigenvalue weighted by atomic mass is 10.1. The standard InChI is InChI=1S/C20H21N5O2S/c1-13-11-21-20(28-13)24-18-10-16(22-14(2)23-18)17-12-25(8-9-27-17)19(26)15-6-4-3-5-7-15/h3-7,10-11,17H,8-9,12H2,1-2H3,(H,21,22,23,24). The molecular weight excluding hydrogens is 374 g/mol. The van der Waals surface area contributed by atoms with Gasteiger partial charge >= 0.3 is 0 Å². The third kappa shape index (κ3) is 4.18. The second kappa shape index (κ2) is 8.04. The molecule has 8 heteroatoms. The zero-order valence-corrected chi connectivity index (χ0v) is 16.6. The minimum absolute atomic E-state index is 0.0105. The Morgan fingerprint density at radius 3 is 2.82 bits per heavy atom. The van der Waals surface area contributed by atoms with Crippen molar-refractivity contribution >= 4 is 28.2 Å². The Kier molecular flexibility index (Phi) is 5.31. The van der Waals surface area contributed by atoms with Gasteiger partial charge in [0.15, 0.2) is 5.13 Å². The fourth-order valence-corrected chi connectivity index (χ4v) is 3.79. The Balaban J connectivity index is 1.52. The maximum Gasteiger partial charge on any atom is 0.254 e. The van der Waals surface area contributed by atoms with Gasteiger partial charge in [0.05, 0.1) is 18.8 Å². The second-order valence-electron chi connectivity index (χ2n) is 6.60. The van der Waals surface area contributed by atoms with E-state index >= 15 is 0 Å². The number of aryl methyl sites for hydroxylation is 2. The molecule has 1 amide bonds. The van der Waals surface area contributed by atoms with E-state index in [0.29, 0.717) is 36.9 Å². The number of anilines is 2. The quantitative estimate of drug-likeness (QED) is 0.728. The van der Waals surface area contributed by atoms with Crippen molar-refractivity contribution in [2.45, 2.75) is 20.0 Å². The van der Waals surface area contributed by atoms with E-state index in [1.165, 1.54) is 0 Å². The molecule has 0 saturated carbocycles. The van der Waals surface area contributed by atoms with E-state index in [2.05, 4.69) is 20.3 Å². The van der Waals surface area contributed by atoms with E-state index < -0.39 is 0 Å². The molecule has 2 aromatic heterocycles. The molecular formula is C20H21N5O2S. The van der Waals surface area contributed by atoms with Crippen LogP contribution in [0.3, 0.4) is 0 Å². The number of hydrogen-bond acceptors (Lipinski definition) is 7. The van der Waals surface area contributed by atoms with E-state index in [9.17, 15) is 4.79 Å². The van der Waals surface area contributed by atoms with Crippen molar-refractivity contribution < 1.29 is 9.53 Å². The molecule has 1 aliphatic heterocycles. The molecule has 1 N–H and O–H groups in total. The lowest BCUT2D eigenvalue weighted by molar-refractivity contribution is -0.0248. The van der Waals surface area contributed by atoms with Crippen molar-refractivity contribution in [1.29, 1.82) is 0 Å². The summed E-state index contributed by atoms with van der Waals surface area (Å²) in [5.74, 6) is 1.33. The van der Waals surface area contributed by atoms with E-state index in [1.807, 2.05) is 61.3 Å². The van der Waals surface area contributed by atoms with Gasteiger partial charge in [-0.1, -0.05) is 18.2 Å². The Morgan fingerprint density at radius 2 is 2.07 bits per heavy atom. The highest BCUT2D eigenvalue weighted by atomic mass is 32.1. The monoisotopic (exact) mass is 395 g/mol. The number of carbonyl (C=O) groups is 1. The average Bonchev–Trinajstić information content (AvgIpc) is 3.12. The fraction of sp³-hybridized carbons (Fsp3) is 0.300. The van der Waals surface area contributed by atoms with Gasteiger partial charge < -0.3 is 15.0 Å². The van der Waals surface area contributed by atoms with Crippen LogP contribution >= 0.6 is 11.3 Å². The normalized spacial score (nSPS) is 16.8. The van der Waals surface area contributed by atoms with Gasteiger partial charge in [-0.2, -0.15) is 0 Å². The Bertz CT molecular complexity index is 976. The minimum Gasteiger partial charge on any atom is -0.368 e. The van der Waals surface area contributed by atoms with Crippen LogP contribution in [0.1, 0.15) is 32.9 Å². The highest BCUT2D eigenvalue weighted by molar-refractivity contribution is 7.15. The highest BCUT2D eigenvalue weighted by Crippen LogP contribution is 2.26. The molecule has 1 unspecified atom stereocenters. The first kappa shape index (κ1) is 18.5. The fourth-order valence-electron chi connectivity index (χ4n) is 3.12. The number of morpholine rings is 1. The first-order valence-electron chi connectivity index (χ1n) is 9.09. The van der Waals surface area contributed by atoms with E-state index in [0.717, 1.165) is 15.7 Å². The first-order chi connectivity index (χ1) is 13.6. The van der Waals surface area contributed by atoms with Crippen molar-refractivity contribution in [2.75, 3.05) is 25.0 Å².